The van der Waals surface area contributed by atoms with Crippen LogP contribution >= 0.6 is 0 Å². The van der Waals surface area contributed by atoms with Crippen molar-refractivity contribution < 1.29 is 19.4 Å². The van der Waals surface area contributed by atoms with Crippen LogP contribution in [-0.4, -0.2) is 61.9 Å². The van der Waals surface area contributed by atoms with E-state index < -0.39 is 0 Å². The standard InChI is InChI=1S/C22H31N3O2.CH2O2/c1-23-22-17-9-4-3-8-16(17)18-14-20(26-2)21(15-19(18)24-22)27-13-7-12-25-10-5-6-11-25;2-1-3/h14-15H,3-13H2,1-2H3,(H,23,24);1H,(H,2,3). The van der Waals surface area contributed by atoms with Gasteiger partial charge < -0.3 is 24.8 Å². The summed E-state index contributed by atoms with van der Waals surface area (Å²) in [7, 11) is 3.68. The first-order valence-electron chi connectivity index (χ1n) is 10.9. The van der Waals surface area contributed by atoms with Gasteiger partial charge in [0.25, 0.3) is 6.47 Å². The number of fused-ring (bicyclic) bond motifs is 3. The molecule has 1 aliphatic carbocycles. The Bertz CT molecular complexity index is 850. The zero-order valence-corrected chi connectivity index (χ0v) is 18.1. The van der Waals surface area contributed by atoms with Gasteiger partial charge >= 0.3 is 0 Å². The molecule has 1 aromatic heterocycles. The number of aryl methyl sites for hydroxylation is 1. The summed E-state index contributed by atoms with van der Waals surface area (Å²) in [6.45, 7) is 4.05. The second-order valence-electron chi connectivity index (χ2n) is 7.75. The van der Waals surface area contributed by atoms with E-state index in [4.69, 9.17) is 24.4 Å². The monoisotopic (exact) mass is 415 g/mol. The van der Waals surface area contributed by atoms with Gasteiger partial charge in [0.1, 0.15) is 5.82 Å². The highest BCUT2D eigenvalue weighted by atomic mass is 16.5. The maximum Gasteiger partial charge on any atom is 0.290 e. The summed E-state index contributed by atoms with van der Waals surface area (Å²) in [5.74, 6) is 2.63. The number of pyridine rings is 1. The number of ether oxygens (including phenoxy) is 2. The Balaban J connectivity index is 0.000000806. The maximum atomic E-state index is 8.36. The summed E-state index contributed by atoms with van der Waals surface area (Å²) in [6, 6.07) is 4.18. The number of likely N-dealkylation sites (tertiary alicyclic amines) is 1. The summed E-state index contributed by atoms with van der Waals surface area (Å²) in [6.07, 6.45) is 8.41. The normalized spacial score (nSPS) is 15.8. The molecule has 0 spiro atoms. The Labute approximate surface area is 178 Å². The smallest absolute Gasteiger partial charge is 0.290 e. The quantitative estimate of drug-likeness (QED) is 0.526. The first-order chi connectivity index (χ1) is 14.7. The van der Waals surface area contributed by atoms with Crippen LogP contribution in [0.15, 0.2) is 12.1 Å². The van der Waals surface area contributed by atoms with E-state index in [1.807, 2.05) is 7.05 Å². The van der Waals surface area contributed by atoms with Crippen molar-refractivity contribution in [1.82, 2.24) is 9.88 Å². The first-order valence-corrected chi connectivity index (χ1v) is 10.9. The van der Waals surface area contributed by atoms with Gasteiger partial charge in [0.2, 0.25) is 0 Å². The van der Waals surface area contributed by atoms with Crippen LogP contribution in [0.2, 0.25) is 0 Å². The largest absolute Gasteiger partial charge is 0.493 e. The van der Waals surface area contributed by atoms with Gasteiger partial charge in [-0.15, -0.1) is 0 Å². The molecular formula is C23H33N3O4. The van der Waals surface area contributed by atoms with Crippen LogP contribution in [0.1, 0.15) is 43.2 Å². The van der Waals surface area contributed by atoms with Crippen molar-refractivity contribution in [1.29, 1.82) is 0 Å². The molecule has 0 saturated carbocycles. The molecule has 7 nitrogen and oxygen atoms in total. The highest BCUT2D eigenvalue weighted by molar-refractivity contribution is 5.89. The molecule has 4 rings (SSSR count). The molecule has 1 aromatic carbocycles. The molecular weight excluding hydrogens is 382 g/mol. The van der Waals surface area contributed by atoms with Crippen LogP contribution in [0.5, 0.6) is 11.5 Å². The van der Waals surface area contributed by atoms with E-state index in [1.54, 1.807) is 7.11 Å². The van der Waals surface area contributed by atoms with E-state index in [2.05, 4.69) is 22.3 Å². The Hall–Kier alpha value is -2.54. The predicted octanol–water partition coefficient (Wildman–Crippen LogP) is 3.73. The number of aromatic nitrogens is 1. The van der Waals surface area contributed by atoms with E-state index >= 15 is 0 Å². The molecule has 30 heavy (non-hydrogen) atoms. The number of nitrogens with zero attached hydrogens (tertiary/aromatic N) is 2. The number of anilines is 1. The van der Waals surface area contributed by atoms with E-state index in [0.29, 0.717) is 6.61 Å². The van der Waals surface area contributed by atoms with E-state index in [9.17, 15) is 0 Å². The minimum atomic E-state index is -0.250. The second-order valence-corrected chi connectivity index (χ2v) is 7.75. The Morgan fingerprint density at radius 1 is 1.13 bits per heavy atom. The predicted molar refractivity (Wildman–Crippen MR) is 119 cm³/mol. The van der Waals surface area contributed by atoms with Crippen molar-refractivity contribution in [2.45, 2.75) is 44.9 Å². The van der Waals surface area contributed by atoms with Gasteiger partial charge in [-0.2, -0.15) is 0 Å². The minimum Gasteiger partial charge on any atom is -0.493 e. The molecule has 7 heteroatoms. The molecule has 164 valence electrons. The maximum absolute atomic E-state index is 8.36. The van der Waals surface area contributed by atoms with Crippen LogP contribution in [0, 0.1) is 0 Å². The Kier molecular flexibility index (Phi) is 8.13. The van der Waals surface area contributed by atoms with Gasteiger partial charge in [0.15, 0.2) is 11.5 Å². The zero-order chi connectivity index (χ0) is 21.3. The topological polar surface area (TPSA) is 83.9 Å². The fourth-order valence-electron chi connectivity index (χ4n) is 4.49. The average molecular weight is 416 g/mol. The number of methoxy groups -OCH3 is 1. The van der Waals surface area contributed by atoms with Gasteiger partial charge in [0, 0.05) is 25.0 Å². The van der Waals surface area contributed by atoms with Gasteiger partial charge in [-0.05, 0) is 75.2 Å². The molecule has 2 aliphatic rings. The molecule has 0 amide bonds. The first kappa shape index (κ1) is 22.2. The van der Waals surface area contributed by atoms with Crippen molar-refractivity contribution >= 4 is 23.2 Å². The average Bonchev–Trinajstić information content (AvgIpc) is 3.29. The highest BCUT2D eigenvalue weighted by Crippen LogP contribution is 2.38. The van der Waals surface area contributed by atoms with Crippen molar-refractivity contribution in [3.63, 3.8) is 0 Å². The summed E-state index contributed by atoms with van der Waals surface area (Å²) >= 11 is 0. The zero-order valence-electron chi connectivity index (χ0n) is 18.1. The number of carbonyl (C=O) groups is 1. The van der Waals surface area contributed by atoms with Crippen LogP contribution in [-0.2, 0) is 17.6 Å². The molecule has 0 bridgehead atoms. The minimum absolute atomic E-state index is 0.250. The van der Waals surface area contributed by atoms with E-state index in [0.717, 1.165) is 48.6 Å². The van der Waals surface area contributed by atoms with Crippen LogP contribution in [0.3, 0.4) is 0 Å². The number of hydrogen-bond donors (Lipinski definition) is 2. The summed E-state index contributed by atoms with van der Waals surface area (Å²) < 4.78 is 11.8. The third-order valence-electron chi connectivity index (χ3n) is 5.90. The SMILES string of the molecule is CNc1nc2cc(OCCCN3CCCC3)c(OC)cc2c2c1CCCC2.O=CO. The lowest BCUT2D eigenvalue weighted by atomic mass is 9.89. The molecule has 0 atom stereocenters. The van der Waals surface area contributed by atoms with Crippen LogP contribution in [0.25, 0.3) is 10.9 Å². The summed E-state index contributed by atoms with van der Waals surface area (Å²) in [5.41, 5.74) is 3.79. The summed E-state index contributed by atoms with van der Waals surface area (Å²) in [5, 5.41) is 11.4. The number of benzene rings is 1. The van der Waals surface area contributed by atoms with Crippen molar-refractivity contribution in [2.24, 2.45) is 0 Å². The second kappa shape index (κ2) is 11.0. The molecule has 1 fully saturated rings. The number of rotatable bonds is 7. The fraction of sp³-hybridized carbons (Fsp3) is 0.565. The lowest BCUT2D eigenvalue weighted by Gasteiger charge is -2.22. The van der Waals surface area contributed by atoms with Gasteiger partial charge in [-0.1, -0.05) is 0 Å². The number of carboxylic acid groups (broad SMARTS) is 1. The molecule has 1 saturated heterocycles. The third kappa shape index (κ3) is 5.14. The third-order valence-corrected chi connectivity index (χ3v) is 5.90. The Morgan fingerprint density at radius 3 is 2.50 bits per heavy atom. The molecule has 1 aliphatic heterocycles. The van der Waals surface area contributed by atoms with Crippen LogP contribution < -0.4 is 14.8 Å². The van der Waals surface area contributed by atoms with Gasteiger partial charge in [-0.25, -0.2) is 4.98 Å². The van der Waals surface area contributed by atoms with Crippen molar-refractivity contribution in [3.8, 4) is 11.5 Å². The molecule has 2 N–H and O–H groups in total. The lowest BCUT2D eigenvalue weighted by Crippen LogP contribution is -2.21. The number of nitrogens with one attached hydrogen (secondary N) is 1. The van der Waals surface area contributed by atoms with E-state index in [1.165, 1.54) is 55.3 Å². The van der Waals surface area contributed by atoms with Crippen molar-refractivity contribution in [2.75, 3.05) is 45.7 Å². The van der Waals surface area contributed by atoms with E-state index in [-0.39, 0.29) is 6.47 Å². The van der Waals surface area contributed by atoms with Gasteiger partial charge in [-0.3, -0.25) is 4.79 Å². The Morgan fingerprint density at radius 2 is 1.83 bits per heavy atom. The van der Waals surface area contributed by atoms with Gasteiger partial charge in [0.05, 0.1) is 19.2 Å². The highest BCUT2D eigenvalue weighted by Gasteiger charge is 2.20. The van der Waals surface area contributed by atoms with Crippen molar-refractivity contribution in [3.05, 3.63) is 23.3 Å². The molecule has 0 unspecified atom stereocenters. The van der Waals surface area contributed by atoms with Crippen LogP contribution in [0.4, 0.5) is 5.82 Å². The summed E-state index contributed by atoms with van der Waals surface area (Å²) in [4.78, 5) is 15.8. The molecule has 0 radical (unpaired) electrons. The molecule has 2 heterocycles. The lowest BCUT2D eigenvalue weighted by molar-refractivity contribution is -0.122. The molecule has 2 aromatic rings. The fourth-order valence-corrected chi connectivity index (χ4v) is 4.49. The number of hydrogen-bond acceptors (Lipinski definition) is 6.